The highest BCUT2D eigenvalue weighted by Gasteiger charge is 2.11. The molecule has 0 atom stereocenters. The van der Waals surface area contributed by atoms with Gasteiger partial charge in [-0.1, -0.05) is 11.6 Å². The Hall–Kier alpha value is -1.52. The fourth-order valence-electron chi connectivity index (χ4n) is 1.78. The zero-order valence-corrected chi connectivity index (χ0v) is 11.2. The molecule has 0 saturated heterocycles. The van der Waals surface area contributed by atoms with Crippen molar-refractivity contribution in [2.45, 2.75) is 6.61 Å². The predicted molar refractivity (Wildman–Crippen MR) is 70.6 cm³/mol. The number of benzene rings is 1. The summed E-state index contributed by atoms with van der Waals surface area (Å²) in [6, 6.07) is 5.40. The van der Waals surface area contributed by atoms with Crippen LogP contribution in [0.5, 0.6) is 11.5 Å². The number of nitrogens with zero attached hydrogens (tertiary/aromatic N) is 1. The van der Waals surface area contributed by atoms with Crippen molar-refractivity contribution < 1.29 is 14.2 Å². The summed E-state index contributed by atoms with van der Waals surface area (Å²) < 4.78 is 15.6. The van der Waals surface area contributed by atoms with Gasteiger partial charge in [-0.3, -0.25) is 0 Å². The van der Waals surface area contributed by atoms with Crippen molar-refractivity contribution in [2.75, 3.05) is 21.3 Å². The fraction of sp³-hybridized carbons (Fsp3) is 0.308. The number of halogens is 1. The van der Waals surface area contributed by atoms with E-state index in [-0.39, 0.29) is 0 Å². The summed E-state index contributed by atoms with van der Waals surface area (Å²) in [5.41, 5.74) is 1.47. The topological polar surface area (TPSA) is 40.6 Å². The predicted octanol–water partition coefficient (Wildman–Crippen LogP) is 3.05. The molecule has 5 heteroatoms. The second-order valence-corrected chi connectivity index (χ2v) is 4.16. The second kappa shape index (κ2) is 5.42. The van der Waals surface area contributed by atoms with Gasteiger partial charge in [-0.25, -0.2) is 4.98 Å². The highest BCUT2D eigenvalue weighted by molar-refractivity contribution is 6.35. The first-order valence-corrected chi connectivity index (χ1v) is 5.77. The molecule has 1 aromatic heterocycles. The summed E-state index contributed by atoms with van der Waals surface area (Å²) in [5.74, 6) is 1.31. The molecule has 0 saturated carbocycles. The van der Waals surface area contributed by atoms with E-state index >= 15 is 0 Å². The molecule has 1 aromatic carbocycles. The lowest BCUT2D eigenvalue weighted by Crippen LogP contribution is -1.96. The van der Waals surface area contributed by atoms with Crippen LogP contribution in [0.4, 0.5) is 0 Å². The van der Waals surface area contributed by atoms with Gasteiger partial charge < -0.3 is 14.2 Å². The van der Waals surface area contributed by atoms with Crippen LogP contribution in [-0.4, -0.2) is 26.3 Å². The first-order chi connectivity index (χ1) is 8.69. The van der Waals surface area contributed by atoms with E-state index in [1.54, 1.807) is 33.5 Å². The van der Waals surface area contributed by atoms with Gasteiger partial charge in [-0.2, -0.15) is 0 Å². The lowest BCUT2D eigenvalue weighted by atomic mass is 10.1. The monoisotopic (exact) mass is 267 g/mol. The lowest BCUT2D eigenvalue weighted by Gasteiger charge is -2.10. The molecule has 96 valence electrons. The van der Waals surface area contributed by atoms with Gasteiger partial charge in [0.2, 0.25) is 0 Å². The first kappa shape index (κ1) is 12.9. The molecule has 4 nitrogen and oxygen atoms in total. The molecular weight excluding hydrogens is 254 g/mol. The van der Waals surface area contributed by atoms with E-state index in [1.807, 2.05) is 6.07 Å². The molecule has 0 aliphatic carbocycles. The van der Waals surface area contributed by atoms with Crippen molar-refractivity contribution in [1.82, 2.24) is 4.98 Å². The number of hydrogen-bond donors (Lipinski definition) is 0. The molecule has 0 radical (unpaired) electrons. The maximum atomic E-state index is 6.25. The molecule has 0 amide bonds. The number of fused-ring (bicyclic) bond motifs is 1. The zero-order chi connectivity index (χ0) is 13.1. The lowest BCUT2D eigenvalue weighted by molar-refractivity contribution is 0.182. The average Bonchev–Trinajstić information content (AvgIpc) is 2.38. The van der Waals surface area contributed by atoms with Crippen molar-refractivity contribution in [3.05, 3.63) is 28.9 Å². The Bertz CT molecular complexity index is 572. The van der Waals surface area contributed by atoms with Crippen molar-refractivity contribution >= 4 is 22.5 Å². The number of methoxy groups -OCH3 is 3. The molecule has 2 rings (SSSR count). The molecule has 0 unspecified atom stereocenters. The van der Waals surface area contributed by atoms with Gasteiger partial charge in [-0.05, 0) is 12.1 Å². The SMILES string of the molecule is COCc1cc(Cl)c2cc(OC)cc(OC)c2n1. The van der Waals surface area contributed by atoms with E-state index in [0.29, 0.717) is 28.6 Å². The van der Waals surface area contributed by atoms with E-state index in [4.69, 9.17) is 25.8 Å². The van der Waals surface area contributed by atoms with Crippen LogP contribution in [0.2, 0.25) is 5.02 Å². The summed E-state index contributed by atoms with van der Waals surface area (Å²) in [6.07, 6.45) is 0. The van der Waals surface area contributed by atoms with Crippen LogP contribution in [0.25, 0.3) is 10.9 Å². The summed E-state index contributed by atoms with van der Waals surface area (Å²) in [6.45, 7) is 0.408. The third-order valence-corrected chi connectivity index (χ3v) is 2.92. The average molecular weight is 268 g/mol. The minimum absolute atomic E-state index is 0.408. The standard InChI is InChI=1S/C13H14ClNO3/c1-16-7-8-4-11(14)10-5-9(17-2)6-12(18-3)13(10)15-8/h4-6H,7H2,1-3H3. The normalized spacial score (nSPS) is 10.7. The molecule has 0 fully saturated rings. The quantitative estimate of drug-likeness (QED) is 0.854. The van der Waals surface area contributed by atoms with Crippen molar-refractivity contribution in [2.24, 2.45) is 0 Å². The highest BCUT2D eigenvalue weighted by Crippen LogP contribution is 2.34. The Balaban J connectivity index is 2.70. The molecule has 0 N–H and O–H groups in total. The Morgan fingerprint density at radius 3 is 2.50 bits per heavy atom. The van der Waals surface area contributed by atoms with Gasteiger partial charge in [0.1, 0.15) is 17.0 Å². The van der Waals surface area contributed by atoms with Crippen LogP contribution in [0.15, 0.2) is 18.2 Å². The maximum absolute atomic E-state index is 6.25. The van der Waals surface area contributed by atoms with E-state index in [2.05, 4.69) is 4.98 Å². The molecule has 0 aliphatic rings. The highest BCUT2D eigenvalue weighted by atomic mass is 35.5. The Kier molecular flexibility index (Phi) is 3.89. The zero-order valence-electron chi connectivity index (χ0n) is 10.5. The van der Waals surface area contributed by atoms with Gasteiger partial charge in [0, 0.05) is 18.6 Å². The van der Waals surface area contributed by atoms with Gasteiger partial charge in [0.15, 0.2) is 0 Å². The van der Waals surface area contributed by atoms with Crippen LogP contribution >= 0.6 is 11.6 Å². The van der Waals surface area contributed by atoms with Crippen LogP contribution < -0.4 is 9.47 Å². The maximum Gasteiger partial charge on any atom is 0.148 e. The molecular formula is C13H14ClNO3. The van der Waals surface area contributed by atoms with E-state index in [1.165, 1.54) is 0 Å². The Morgan fingerprint density at radius 2 is 1.89 bits per heavy atom. The second-order valence-electron chi connectivity index (χ2n) is 3.75. The molecule has 0 aliphatic heterocycles. The molecule has 0 spiro atoms. The number of ether oxygens (including phenoxy) is 3. The molecule has 18 heavy (non-hydrogen) atoms. The van der Waals surface area contributed by atoms with Crippen molar-refractivity contribution in [3.63, 3.8) is 0 Å². The third kappa shape index (κ3) is 2.35. The number of pyridine rings is 1. The van der Waals surface area contributed by atoms with Gasteiger partial charge in [-0.15, -0.1) is 0 Å². The Labute approximate surface area is 110 Å². The fourth-order valence-corrected chi connectivity index (χ4v) is 2.05. The minimum atomic E-state index is 0.408. The molecule has 1 heterocycles. The van der Waals surface area contributed by atoms with Crippen molar-refractivity contribution in [3.8, 4) is 11.5 Å². The van der Waals surface area contributed by atoms with Crippen LogP contribution in [0, 0.1) is 0 Å². The van der Waals surface area contributed by atoms with Crippen LogP contribution in [0.3, 0.4) is 0 Å². The number of aromatic nitrogens is 1. The van der Waals surface area contributed by atoms with E-state index in [9.17, 15) is 0 Å². The van der Waals surface area contributed by atoms with Gasteiger partial charge in [0.05, 0.1) is 31.5 Å². The largest absolute Gasteiger partial charge is 0.497 e. The summed E-state index contributed by atoms with van der Waals surface area (Å²) >= 11 is 6.25. The summed E-state index contributed by atoms with van der Waals surface area (Å²) in [7, 11) is 4.80. The molecule has 2 aromatic rings. The van der Waals surface area contributed by atoms with E-state index in [0.717, 1.165) is 11.1 Å². The van der Waals surface area contributed by atoms with Gasteiger partial charge >= 0.3 is 0 Å². The summed E-state index contributed by atoms with van der Waals surface area (Å²) in [5, 5.41) is 1.40. The summed E-state index contributed by atoms with van der Waals surface area (Å²) in [4.78, 5) is 4.48. The van der Waals surface area contributed by atoms with Crippen molar-refractivity contribution in [1.29, 1.82) is 0 Å². The smallest absolute Gasteiger partial charge is 0.148 e. The van der Waals surface area contributed by atoms with Crippen LogP contribution in [0.1, 0.15) is 5.69 Å². The van der Waals surface area contributed by atoms with Crippen LogP contribution in [-0.2, 0) is 11.3 Å². The number of rotatable bonds is 4. The third-order valence-electron chi connectivity index (χ3n) is 2.60. The molecule has 0 bridgehead atoms. The van der Waals surface area contributed by atoms with E-state index < -0.39 is 0 Å². The minimum Gasteiger partial charge on any atom is -0.497 e. The number of hydrogen-bond acceptors (Lipinski definition) is 4. The van der Waals surface area contributed by atoms with Gasteiger partial charge in [0.25, 0.3) is 0 Å². The first-order valence-electron chi connectivity index (χ1n) is 5.39. The Morgan fingerprint density at radius 1 is 1.11 bits per heavy atom.